The van der Waals surface area contributed by atoms with Crippen molar-refractivity contribution in [3.05, 3.63) is 0 Å². The summed E-state index contributed by atoms with van der Waals surface area (Å²) in [4.78, 5) is 13.8. The van der Waals surface area contributed by atoms with Crippen molar-refractivity contribution in [2.45, 2.75) is 18.9 Å². The van der Waals surface area contributed by atoms with E-state index >= 15 is 0 Å². The summed E-state index contributed by atoms with van der Waals surface area (Å²) in [5.74, 6) is -0.155. The highest BCUT2D eigenvalue weighted by atomic mass is 32.2. The molecule has 2 rings (SSSR count). The Morgan fingerprint density at radius 2 is 2.24 bits per heavy atom. The van der Waals surface area contributed by atoms with Crippen LogP contribution in [0.3, 0.4) is 0 Å². The number of hydrogen-bond donors (Lipinski definition) is 1. The van der Waals surface area contributed by atoms with Gasteiger partial charge >= 0.3 is 0 Å². The second kappa shape index (κ2) is 4.91. The van der Waals surface area contributed by atoms with Crippen LogP contribution >= 0.6 is 0 Å². The molecule has 0 saturated carbocycles. The van der Waals surface area contributed by atoms with Gasteiger partial charge in [0.25, 0.3) is 0 Å². The Labute approximate surface area is 102 Å². The van der Waals surface area contributed by atoms with Gasteiger partial charge in [-0.3, -0.25) is 9.69 Å². The molecule has 0 bridgehead atoms. The number of rotatable bonds is 2. The van der Waals surface area contributed by atoms with Gasteiger partial charge < -0.3 is 5.32 Å². The van der Waals surface area contributed by atoms with Crippen molar-refractivity contribution in [2.75, 3.05) is 39.0 Å². The maximum absolute atomic E-state index is 11.8. The topological polar surface area (TPSA) is 69.7 Å². The smallest absolute Gasteiger partial charge is 0.237 e. The number of hydrogen-bond acceptors (Lipinski definition) is 5. The van der Waals surface area contributed by atoms with Crippen molar-refractivity contribution >= 4 is 15.9 Å². The average Bonchev–Trinajstić information content (AvgIpc) is 2.25. The number of nitrogens with zero attached hydrogens (tertiary/aromatic N) is 2. The molecule has 1 amide bonds. The highest BCUT2D eigenvalue weighted by molar-refractivity contribution is 7.89. The van der Waals surface area contributed by atoms with Crippen LogP contribution in [-0.2, 0) is 14.8 Å². The summed E-state index contributed by atoms with van der Waals surface area (Å²) >= 11 is 0. The van der Waals surface area contributed by atoms with Gasteiger partial charge in [0.1, 0.15) is 0 Å². The Bertz CT molecular complexity index is 396. The van der Waals surface area contributed by atoms with E-state index in [1.54, 1.807) is 0 Å². The van der Waals surface area contributed by atoms with Crippen molar-refractivity contribution in [2.24, 2.45) is 0 Å². The first-order valence-corrected chi connectivity index (χ1v) is 7.56. The number of sulfonamides is 1. The molecule has 0 spiro atoms. The van der Waals surface area contributed by atoms with Crippen LogP contribution in [0.4, 0.5) is 0 Å². The first-order chi connectivity index (χ1) is 8.00. The Balaban J connectivity index is 2.07. The second-order valence-electron chi connectivity index (χ2n) is 4.68. The molecule has 0 aliphatic carbocycles. The minimum atomic E-state index is -3.37. The predicted molar refractivity (Wildman–Crippen MR) is 64.0 cm³/mol. The van der Waals surface area contributed by atoms with Gasteiger partial charge in [0.05, 0.1) is 12.3 Å². The minimum Gasteiger partial charge on any atom is -0.314 e. The van der Waals surface area contributed by atoms with Gasteiger partial charge in [0.15, 0.2) is 0 Å². The van der Waals surface area contributed by atoms with Gasteiger partial charge in [0.2, 0.25) is 15.9 Å². The molecule has 0 radical (unpaired) electrons. The van der Waals surface area contributed by atoms with E-state index in [9.17, 15) is 13.2 Å². The van der Waals surface area contributed by atoms with Crippen LogP contribution in [0.25, 0.3) is 0 Å². The lowest BCUT2D eigenvalue weighted by atomic mass is 10.2. The zero-order valence-electron chi connectivity index (χ0n) is 10.1. The fourth-order valence-electron chi connectivity index (χ4n) is 2.27. The van der Waals surface area contributed by atoms with Gasteiger partial charge in [-0.2, -0.15) is 0 Å². The number of nitrogens with one attached hydrogen (secondary N) is 1. The zero-order chi connectivity index (χ0) is 12.5. The van der Waals surface area contributed by atoms with Crippen molar-refractivity contribution < 1.29 is 13.2 Å². The number of carbonyl (C=O) groups excluding carboxylic acids is 1. The highest BCUT2D eigenvalue weighted by Gasteiger charge is 2.34. The average molecular weight is 261 g/mol. The molecule has 2 saturated heterocycles. The van der Waals surface area contributed by atoms with E-state index in [2.05, 4.69) is 10.2 Å². The van der Waals surface area contributed by atoms with Gasteiger partial charge in [-0.1, -0.05) is 0 Å². The molecule has 6 nitrogen and oxygen atoms in total. The van der Waals surface area contributed by atoms with Crippen LogP contribution in [0.1, 0.15) is 12.8 Å². The molecule has 2 heterocycles. The maximum atomic E-state index is 11.8. The molecule has 2 aliphatic rings. The van der Waals surface area contributed by atoms with Crippen LogP contribution in [0.5, 0.6) is 0 Å². The fourth-order valence-corrected chi connectivity index (χ4v) is 3.80. The Morgan fingerprint density at radius 1 is 1.47 bits per heavy atom. The predicted octanol–water partition coefficient (Wildman–Crippen LogP) is -1.16. The summed E-state index contributed by atoms with van der Waals surface area (Å²) in [5, 5.41) is 3.22. The molecule has 2 fully saturated rings. The summed E-state index contributed by atoms with van der Waals surface area (Å²) in [6.45, 7) is 2.81. The zero-order valence-corrected chi connectivity index (χ0v) is 10.9. The molecule has 1 unspecified atom stereocenters. The third-order valence-corrected chi connectivity index (χ3v) is 5.26. The van der Waals surface area contributed by atoms with Gasteiger partial charge in [-0.15, -0.1) is 0 Å². The molecular weight excluding hydrogens is 242 g/mol. The van der Waals surface area contributed by atoms with Crippen molar-refractivity contribution in [3.63, 3.8) is 0 Å². The van der Waals surface area contributed by atoms with Gasteiger partial charge in [-0.25, -0.2) is 12.7 Å². The quantitative estimate of drug-likeness (QED) is 0.679. The summed E-state index contributed by atoms with van der Waals surface area (Å²) in [6, 6.07) is 0.0839. The van der Waals surface area contributed by atoms with E-state index < -0.39 is 10.0 Å². The first kappa shape index (κ1) is 12.8. The van der Waals surface area contributed by atoms with Crippen molar-refractivity contribution in [3.8, 4) is 0 Å². The lowest BCUT2D eigenvalue weighted by Crippen LogP contribution is -2.56. The van der Waals surface area contributed by atoms with E-state index in [0.29, 0.717) is 12.8 Å². The van der Waals surface area contributed by atoms with E-state index in [4.69, 9.17) is 0 Å². The molecule has 1 atom stereocenters. The van der Waals surface area contributed by atoms with Gasteiger partial charge in [-0.05, 0) is 13.5 Å². The van der Waals surface area contributed by atoms with Crippen molar-refractivity contribution in [1.82, 2.24) is 14.5 Å². The van der Waals surface area contributed by atoms with Crippen LogP contribution < -0.4 is 5.32 Å². The van der Waals surface area contributed by atoms with Crippen LogP contribution in [0.2, 0.25) is 0 Å². The second-order valence-corrected chi connectivity index (χ2v) is 6.70. The number of amides is 1. The highest BCUT2D eigenvalue weighted by Crippen LogP contribution is 2.16. The summed E-state index contributed by atoms with van der Waals surface area (Å²) in [7, 11) is -1.40. The maximum Gasteiger partial charge on any atom is 0.237 e. The Morgan fingerprint density at radius 3 is 2.88 bits per heavy atom. The molecule has 1 N–H and O–H groups in total. The molecule has 0 aromatic rings. The summed E-state index contributed by atoms with van der Waals surface area (Å²) in [6.07, 6.45) is 0.805. The minimum absolute atomic E-state index is 0.0839. The van der Waals surface area contributed by atoms with Crippen LogP contribution in [-0.4, -0.2) is 68.6 Å². The van der Waals surface area contributed by atoms with E-state index in [0.717, 1.165) is 23.9 Å². The normalized spacial score (nSPS) is 30.5. The van der Waals surface area contributed by atoms with Crippen LogP contribution in [0, 0.1) is 0 Å². The van der Waals surface area contributed by atoms with E-state index in [-0.39, 0.29) is 24.2 Å². The number of likely N-dealkylation sites (N-methyl/N-ethyl adjacent to an activating group) is 1. The molecule has 0 aromatic carbocycles. The third-order valence-electron chi connectivity index (χ3n) is 3.43. The number of carbonyl (C=O) groups is 1. The largest absolute Gasteiger partial charge is 0.314 e. The van der Waals surface area contributed by atoms with Crippen molar-refractivity contribution in [1.29, 1.82) is 0 Å². The summed E-state index contributed by atoms with van der Waals surface area (Å²) in [5.41, 5.74) is 0. The standard InChI is InChI=1S/C10H19N3O3S/c1-12-5-4-11-7-9(12)8-13-10(14)3-2-6-17(13,15)16/h9,11H,2-8H2,1H3. The molecular formula is C10H19N3O3S. The summed E-state index contributed by atoms with van der Waals surface area (Å²) < 4.78 is 24.8. The van der Waals surface area contributed by atoms with Crippen LogP contribution in [0.15, 0.2) is 0 Å². The SMILES string of the molecule is CN1CCNCC1CN1C(=O)CCCS1(=O)=O. The molecule has 98 valence electrons. The van der Waals surface area contributed by atoms with E-state index in [1.807, 2.05) is 7.05 Å². The Kier molecular flexibility index (Phi) is 3.70. The molecule has 2 aliphatic heterocycles. The lowest BCUT2D eigenvalue weighted by Gasteiger charge is -2.37. The molecule has 17 heavy (non-hydrogen) atoms. The van der Waals surface area contributed by atoms with E-state index in [1.165, 1.54) is 0 Å². The van der Waals surface area contributed by atoms with Gasteiger partial charge in [0, 0.05) is 32.1 Å². The third kappa shape index (κ3) is 2.78. The Hall–Kier alpha value is -0.660. The fraction of sp³-hybridized carbons (Fsp3) is 0.900. The monoisotopic (exact) mass is 261 g/mol. The first-order valence-electron chi connectivity index (χ1n) is 5.95. The number of piperazine rings is 1. The molecule has 0 aromatic heterocycles. The molecule has 7 heteroatoms. The lowest BCUT2D eigenvalue weighted by molar-refractivity contribution is -0.127.